The molecule has 6 aromatic carbocycles. The highest BCUT2D eigenvalue weighted by Crippen LogP contribution is 2.70. The summed E-state index contributed by atoms with van der Waals surface area (Å²) in [7, 11) is 0. The van der Waals surface area contributed by atoms with Crippen LogP contribution in [0.1, 0.15) is 84.9 Å². The van der Waals surface area contributed by atoms with Crippen LogP contribution in [0.5, 0.6) is 0 Å². The first-order valence-corrected chi connectivity index (χ1v) is 19.5. The zero-order valence-corrected chi connectivity index (χ0v) is 30.7. The Kier molecular flexibility index (Phi) is 6.04. The van der Waals surface area contributed by atoms with Gasteiger partial charge in [-0.25, -0.2) is 0 Å². The van der Waals surface area contributed by atoms with Crippen LogP contribution >= 0.6 is 0 Å². The van der Waals surface area contributed by atoms with E-state index in [1.54, 1.807) is 16.7 Å². The molecule has 1 heteroatoms. The Morgan fingerprint density at radius 1 is 0.529 bits per heavy atom. The number of nitrogens with zero attached hydrogens (tertiary/aromatic N) is 1. The van der Waals surface area contributed by atoms with Crippen molar-refractivity contribution >= 4 is 27.8 Å². The maximum atomic E-state index is 2.69. The molecular weight excluding hydrogens is 615 g/mol. The highest BCUT2D eigenvalue weighted by atomic mass is 15.1. The molecule has 0 unspecified atom stereocenters. The van der Waals surface area contributed by atoms with E-state index in [4.69, 9.17) is 0 Å². The summed E-state index contributed by atoms with van der Waals surface area (Å²) in [6.07, 6.45) is 7.06. The summed E-state index contributed by atoms with van der Waals surface area (Å²) >= 11 is 0. The SMILES string of the molecule is Cc1cc2c(c(C)c1C)-c1ccc(N(c3cccc4c3-c3ccccc3C4(C)C)c3cccc4ccccc34)cc1C21C2CC3CC(C2)CC1C3. The van der Waals surface area contributed by atoms with Gasteiger partial charge in [0, 0.05) is 27.5 Å². The van der Waals surface area contributed by atoms with Crippen LogP contribution in [0.4, 0.5) is 17.1 Å². The Balaban J connectivity index is 1.21. The summed E-state index contributed by atoms with van der Waals surface area (Å²) in [4.78, 5) is 2.63. The van der Waals surface area contributed by atoms with Crippen molar-refractivity contribution in [3.8, 4) is 22.3 Å². The van der Waals surface area contributed by atoms with Crippen LogP contribution in [0.3, 0.4) is 0 Å². The molecule has 51 heavy (non-hydrogen) atoms. The molecule has 0 heterocycles. The van der Waals surface area contributed by atoms with Crippen molar-refractivity contribution in [3.63, 3.8) is 0 Å². The fourth-order valence-electron chi connectivity index (χ4n) is 12.7. The zero-order chi connectivity index (χ0) is 34.4. The second-order valence-electron chi connectivity index (χ2n) is 17.5. The molecule has 1 spiro atoms. The highest BCUT2D eigenvalue weighted by molar-refractivity contribution is 6.03. The van der Waals surface area contributed by atoms with Crippen molar-refractivity contribution in [2.24, 2.45) is 23.7 Å². The van der Waals surface area contributed by atoms with Crippen molar-refractivity contribution in [1.82, 2.24) is 0 Å². The van der Waals surface area contributed by atoms with Crippen molar-refractivity contribution in [2.45, 2.75) is 77.6 Å². The lowest BCUT2D eigenvalue weighted by Gasteiger charge is -2.61. The molecule has 252 valence electrons. The molecule has 6 aliphatic rings. The second-order valence-corrected chi connectivity index (χ2v) is 17.5. The third-order valence-electron chi connectivity index (χ3n) is 14.8. The molecule has 1 nitrogen and oxygen atoms in total. The van der Waals surface area contributed by atoms with Crippen molar-refractivity contribution in [2.75, 3.05) is 4.90 Å². The number of fused-ring (bicyclic) bond motifs is 7. The summed E-state index contributed by atoms with van der Waals surface area (Å²) in [5.41, 5.74) is 20.2. The standard InChI is InChI=1S/C50H47N/c1-29-22-44-47(31(3)30(29)2)40-21-20-37(28-43(40)50(44)35-24-32-23-33(26-35)27-36(50)25-32)51(45-18-10-13-34-12-6-7-14-38(34)45)46-19-11-17-42-48(46)39-15-8-9-16-41(39)49(42,4)5/h6-22,28,32-33,35-36H,23-27H2,1-5H3. The van der Waals surface area contributed by atoms with Gasteiger partial charge in [-0.05, 0) is 162 Å². The van der Waals surface area contributed by atoms with E-state index < -0.39 is 0 Å². The molecule has 0 amide bonds. The van der Waals surface area contributed by atoms with Gasteiger partial charge in [0.05, 0.1) is 11.4 Å². The summed E-state index contributed by atoms with van der Waals surface area (Å²) in [6.45, 7) is 11.9. The van der Waals surface area contributed by atoms with E-state index in [1.807, 2.05) is 0 Å². The first kappa shape index (κ1) is 30.0. The molecule has 12 rings (SSSR count). The molecule has 6 aromatic rings. The quantitative estimate of drug-likeness (QED) is 0.182. The van der Waals surface area contributed by atoms with Crippen LogP contribution < -0.4 is 4.90 Å². The smallest absolute Gasteiger partial charge is 0.0543 e. The molecule has 0 N–H and O–H groups in total. The van der Waals surface area contributed by atoms with Crippen LogP contribution in [-0.2, 0) is 10.8 Å². The lowest BCUT2D eigenvalue weighted by atomic mass is 9.43. The fourth-order valence-corrected chi connectivity index (χ4v) is 12.7. The van der Waals surface area contributed by atoms with Gasteiger partial charge in [0.15, 0.2) is 0 Å². The van der Waals surface area contributed by atoms with Crippen molar-refractivity contribution < 1.29 is 0 Å². The lowest BCUT2D eigenvalue weighted by molar-refractivity contribution is -0.0399. The number of rotatable bonds is 3. The van der Waals surface area contributed by atoms with E-state index in [0.717, 1.165) is 23.7 Å². The number of hydrogen-bond donors (Lipinski definition) is 0. The third-order valence-corrected chi connectivity index (χ3v) is 14.8. The lowest BCUT2D eigenvalue weighted by Crippen LogP contribution is -2.55. The maximum Gasteiger partial charge on any atom is 0.0543 e. The molecule has 0 radical (unpaired) electrons. The van der Waals surface area contributed by atoms with Crippen LogP contribution in [0.15, 0.2) is 109 Å². The van der Waals surface area contributed by atoms with Crippen LogP contribution in [0.25, 0.3) is 33.0 Å². The first-order valence-electron chi connectivity index (χ1n) is 19.5. The van der Waals surface area contributed by atoms with Gasteiger partial charge in [0.2, 0.25) is 0 Å². The van der Waals surface area contributed by atoms with Gasteiger partial charge in [-0.15, -0.1) is 0 Å². The Bertz CT molecular complexity index is 2430. The monoisotopic (exact) mass is 661 g/mol. The van der Waals surface area contributed by atoms with Crippen LogP contribution in [-0.4, -0.2) is 0 Å². The first-order chi connectivity index (χ1) is 24.8. The van der Waals surface area contributed by atoms with E-state index in [2.05, 4.69) is 149 Å². The number of anilines is 3. The van der Waals surface area contributed by atoms with E-state index in [9.17, 15) is 0 Å². The average Bonchev–Trinajstić information content (AvgIpc) is 3.55. The maximum absolute atomic E-state index is 2.69. The average molecular weight is 662 g/mol. The summed E-state index contributed by atoms with van der Waals surface area (Å²) in [5, 5.41) is 2.57. The molecule has 4 saturated carbocycles. The van der Waals surface area contributed by atoms with E-state index >= 15 is 0 Å². The zero-order valence-electron chi connectivity index (χ0n) is 30.7. The van der Waals surface area contributed by atoms with E-state index in [1.165, 1.54) is 104 Å². The minimum atomic E-state index is -0.0658. The van der Waals surface area contributed by atoms with Gasteiger partial charge in [0.25, 0.3) is 0 Å². The van der Waals surface area contributed by atoms with Gasteiger partial charge in [0.1, 0.15) is 0 Å². The van der Waals surface area contributed by atoms with E-state index in [0.29, 0.717) is 0 Å². The summed E-state index contributed by atoms with van der Waals surface area (Å²) in [5.74, 6) is 3.29. The molecular formula is C50H47N. The summed E-state index contributed by atoms with van der Waals surface area (Å²) < 4.78 is 0. The van der Waals surface area contributed by atoms with Crippen molar-refractivity contribution in [1.29, 1.82) is 0 Å². The van der Waals surface area contributed by atoms with Gasteiger partial charge < -0.3 is 4.90 Å². The van der Waals surface area contributed by atoms with Crippen molar-refractivity contribution in [3.05, 3.63) is 148 Å². The Morgan fingerprint density at radius 2 is 1.18 bits per heavy atom. The predicted octanol–water partition coefficient (Wildman–Crippen LogP) is 13.3. The van der Waals surface area contributed by atoms with Gasteiger partial charge in [-0.1, -0.05) is 98.8 Å². The highest BCUT2D eigenvalue weighted by Gasteiger charge is 2.62. The molecule has 0 saturated heterocycles. The second kappa shape index (κ2) is 10.3. The minimum absolute atomic E-state index is 0.0658. The topological polar surface area (TPSA) is 3.24 Å². The Labute approximate surface area is 303 Å². The molecule has 4 fully saturated rings. The van der Waals surface area contributed by atoms with Gasteiger partial charge in [-0.3, -0.25) is 0 Å². The number of benzene rings is 6. The summed E-state index contributed by atoms with van der Waals surface area (Å²) in [6, 6.07) is 42.3. The molecule has 6 aliphatic carbocycles. The van der Waals surface area contributed by atoms with Crippen LogP contribution in [0, 0.1) is 44.4 Å². The van der Waals surface area contributed by atoms with Crippen LogP contribution in [0.2, 0.25) is 0 Å². The minimum Gasteiger partial charge on any atom is -0.309 e. The normalized spacial score (nSPS) is 25.6. The fraction of sp³-hybridized carbons (Fsp3) is 0.320. The van der Waals surface area contributed by atoms with Gasteiger partial charge >= 0.3 is 0 Å². The Hall–Kier alpha value is -4.62. The molecule has 0 aliphatic heterocycles. The third kappa shape index (κ3) is 3.78. The largest absolute Gasteiger partial charge is 0.309 e. The van der Waals surface area contributed by atoms with Gasteiger partial charge in [-0.2, -0.15) is 0 Å². The Morgan fingerprint density at radius 3 is 1.98 bits per heavy atom. The van der Waals surface area contributed by atoms with E-state index in [-0.39, 0.29) is 10.8 Å². The molecule has 0 atom stereocenters. The predicted molar refractivity (Wildman–Crippen MR) is 214 cm³/mol. The molecule has 0 aromatic heterocycles. The number of hydrogen-bond acceptors (Lipinski definition) is 1. The molecule has 4 bridgehead atoms. The number of aryl methyl sites for hydroxylation is 1.